The van der Waals surface area contributed by atoms with Crippen LogP contribution in [0, 0.1) is 11.8 Å². The highest BCUT2D eigenvalue weighted by Gasteiger charge is 2.36. The molecule has 25 heavy (non-hydrogen) atoms. The minimum absolute atomic E-state index is 0.0711. The number of carboxylic acid groups (broad SMARTS) is 1. The summed E-state index contributed by atoms with van der Waals surface area (Å²) in [5, 5.41) is 11.6. The van der Waals surface area contributed by atoms with Gasteiger partial charge in [-0.3, -0.25) is 9.59 Å². The van der Waals surface area contributed by atoms with Crippen LogP contribution in [-0.4, -0.2) is 54.0 Å². The molecule has 2 amide bonds. The molecule has 1 aromatic carbocycles. The zero-order valence-corrected chi connectivity index (χ0v) is 13.9. The van der Waals surface area contributed by atoms with Gasteiger partial charge < -0.3 is 20.1 Å². The van der Waals surface area contributed by atoms with Crippen molar-refractivity contribution in [1.82, 2.24) is 10.2 Å². The minimum atomic E-state index is -0.986. The Morgan fingerprint density at radius 2 is 1.96 bits per heavy atom. The first kappa shape index (κ1) is 17.3. The summed E-state index contributed by atoms with van der Waals surface area (Å²) in [6.45, 7) is 1.92. The number of nitrogens with one attached hydrogen (secondary N) is 1. The molecule has 7 nitrogen and oxygen atoms in total. The van der Waals surface area contributed by atoms with Gasteiger partial charge in [-0.15, -0.1) is 0 Å². The van der Waals surface area contributed by atoms with E-state index in [1.807, 2.05) is 4.90 Å². The van der Waals surface area contributed by atoms with E-state index in [9.17, 15) is 14.4 Å². The monoisotopic (exact) mass is 346 g/mol. The number of likely N-dealkylation sites (tertiary alicyclic amines) is 1. The molecule has 1 heterocycles. The molecule has 3 rings (SSSR count). The lowest BCUT2D eigenvalue weighted by Gasteiger charge is -2.16. The summed E-state index contributed by atoms with van der Waals surface area (Å²) in [7, 11) is 0. The van der Waals surface area contributed by atoms with Crippen molar-refractivity contribution in [2.24, 2.45) is 11.8 Å². The molecular weight excluding hydrogens is 324 g/mol. The van der Waals surface area contributed by atoms with Crippen LogP contribution in [0.4, 0.5) is 0 Å². The summed E-state index contributed by atoms with van der Waals surface area (Å²) < 4.78 is 5.47. The van der Waals surface area contributed by atoms with Crippen molar-refractivity contribution in [3.05, 3.63) is 29.8 Å². The summed E-state index contributed by atoms with van der Waals surface area (Å²) in [6, 6.07) is 6.09. The number of carbonyl (C=O) groups excluding carboxylic acids is 2. The third kappa shape index (κ3) is 4.71. The maximum absolute atomic E-state index is 12.2. The molecule has 134 valence electrons. The molecule has 1 aliphatic carbocycles. The van der Waals surface area contributed by atoms with Gasteiger partial charge in [-0.1, -0.05) is 0 Å². The van der Waals surface area contributed by atoms with Crippen LogP contribution in [0.2, 0.25) is 0 Å². The first-order valence-corrected chi connectivity index (χ1v) is 8.54. The summed E-state index contributed by atoms with van der Waals surface area (Å²) >= 11 is 0. The van der Waals surface area contributed by atoms with Crippen LogP contribution in [0.1, 0.15) is 29.6 Å². The number of carboxylic acids is 1. The molecule has 2 fully saturated rings. The number of nitrogens with zero attached hydrogens (tertiary/aromatic N) is 1. The lowest BCUT2D eigenvalue weighted by atomic mass is 10.1. The molecule has 0 bridgehead atoms. The van der Waals surface area contributed by atoms with Gasteiger partial charge in [-0.25, -0.2) is 4.79 Å². The maximum Gasteiger partial charge on any atom is 0.335 e. The van der Waals surface area contributed by atoms with Gasteiger partial charge >= 0.3 is 5.97 Å². The van der Waals surface area contributed by atoms with E-state index < -0.39 is 5.97 Å². The fraction of sp³-hybridized carbons (Fsp3) is 0.500. The van der Waals surface area contributed by atoms with Crippen LogP contribution < -0.4 is 10.1 Å². The molecular formula is C18H22N2O5. The predicted molar refractivity (Wildman–Crippen MR) is 89.3 cm³/mol. The van der Waals surface area contributed by atoms with Crippen LogP contribution in [0.15, 0.2) is 24.3 Å². The number of hydrogen-bond acceptors (Lipinski definition) is 4. The molecule has 1 aliphatic heterocycles. The lowest BCUT2D eigenvalue weighted by molar-refractivity contribution is -0.129. The van der Waals surface area contributed by atoms with Crippen LogP contribution in [0.25, 0.3) is 0 Å². The zero-order chi connectivity index (χ0) is 17.8. The SMILES string of the molecule is O=C(O)c1ccc(OCCNC(=O)C2CC(=O)N(CC3CC3)C2)cc1. The lowest BCUT2D eigenvalue weighted by Crippen LogP contribution is -2.35. The van der Waals surface area contributed by atoms with Crippen molar-refractivity contribution in [2.45, 2.75) is 19.3 Å². The third-order valence-electron chi connectivity index (χ3n) is 4.53. The van der Waals surface area contributed by atoms with Crippen molar-refractivity contribution >= 4 is 17.8 Å². The molecule has 1 atom stereocenters. The highest BCUT2D eigenvalue weighted by Crippen LogP contribution is 2.31. The van der Waals surface area contributed by atoms with Crippen LogP contribution in [-0.2, 0) is 9.59 Å². The van der Waals surface area contributed by atoms with Crippen LogP contribution in [0.5, 0.6) is 5.75 Å². The third-order valence-corrected chi connectivity index (χ3v) is 4.53. The number of aromatic carboxylic acids is 1. The van der Waals surface area contributed by atoms with Gasteiger partial charge in [-0.2, -0.15) is 0 Å². The average molecular weight is 346 g/mol. The largest absolute Gasteiger partial charge is 0.492 e. The van der Waals surface area contributed by atoms with Gasteiger partial charge in [0.1, 0.15) is 12.4 Å². The highest BCUT2D eigenvalue weighted by molar-refractivity contribution is 5.89. The van der Waals surface area contributed by atoms with E-state index in [2.05, 4.69) is 5.32 Å². The number of rotatable bonds is 8. The van der Waals surface area contributed by atoms with Crippen LogP contribution in [0.3, 0.4) is 0 Å². The van der Waals surface area contributed by atoms with Gasteiger partial charge in [0.2, 0.25) is 11.8 Å². The Hall–Kier alpha value is -2.57. The Labute approximate surface area is 146 Å². The summed E-state index contributed by atoms with van der Waals surface area (Å²) in [4.78, 5) is 36.7. The molecule has 1 aromatic rings. The van der Waals surface area contributed by atoms with E-state index in [4.69, 9.17) is 9.84 Å². The molecule has 0 aromatic heterocycles. The Morgan fingerprint density at radius 1 is 1.24 bits per heavy atom. The Balaban J connectivity index is 1.36. The molecule has 1 saturated heterocycles. The average Bonchev–Trinajstić information content (AvgIpc) is 3.34. The van der Waals surface area contributed by atoms with Gasteiger partial charge in [0.25, 0.3) is 0 Å². The van der Waals surface area contributed by atoms with E-state index in [1.165, 1.54) is 25.0 Å². The van der Waals surface area contributed by atoms with Crippen molar-refractivity contribution in [1.29, 1.82) is 0 Å². The smallest absolute Gasteiger partial charge is 0.335 e. The van der Waals surface area contributed by atoms with Crippen LogP contribution >= 0.6 is 0 Å². The fourth-order valence-electron chi connectivity index (χ4n) is 2.92. The number of amides is 2. The van der Waals surface area contributed by atoms with Gasteiger partial charge in [-0.05, 0) is 43.0 Å². The number of ether oxygens (including phenoxy) is 1. The zero-order valence-electron chi connectivity index (χ0n) is 13.9. The molecule has 7 heteroatoms. The minimum Gasteiger partial charge on any atom is -0.492 e. The van der Waals surface area contributed by atoms with Crippen molar-refractivity contribution in [2.75, 3.05) is 26.2 Å². The summed E-state index contributed by atoms with van der Waals surface area (Å²) in [6.07, 6.45) is 2.66. The predicted octanol–water partition coefficient (Wildman–Crippen LogP) is 1.14. The van der Waals surface area contributed by atoms with E-state index in [-0.39, 0.29) is 36.3 Å². The second-order valence-electron chi connectivity index (χ2n) is 6.61. The summed E-state index contributed by atoms with van der Waals surface area (Å²) in [5.74, 6) is -0.127. The molecule has 2 N–H and O–H groups in total. The second-order valence-corrected chi connectivity index (χ2v) is 6.61. The van der Waals surface area contributed by atoms with E-state index >= 15 is 0 Å². The Bertz CT molecular complexity index is 654. The first-order valence-electron chi connectivity index (χ1n) is 8.54. The molecule has 0 radical (unpaired) electrons. The molecule has 2 aliphatic rings. The first-order chi connectivity index (χ1) is 12.0. The van der Waals surface area contributed by atoms with E-state index in [1.54, 1.807) is 12.1 Å². The normalized spacial score (nSPS) is 19.8. The quantitative estimate of drug-likeness (QED) is 0.688. The highest BCUT2D eigenvalue weighted by atomic mass is 16.5. The van der Waals surface area contributed by atoms with Gasteiger partial charge in [0, 0.05) is 19.5 Å². The van der Waals surface area contributed by atoms with Crippen molar-refractivity contribution in [3.8, 4) is 5.75 Å². The van der Waals surface area contributed by atoms with Crippen molar-refractivity contribution in [3.63, 3.8) is 0 Å². The Kier molecular flexibility index (Phi) is 5.21. The molecule has 1 saturated carbocycles. The van der Waals surface area contributed by atoms with Crippen molar-refractivity contribution < 1.29 is 24.2 Å². The number of hydrogen-bond donors (Lipinski definition) is 2. The van der Waals surface area contributed by atoms with Gasteiger partial charge in [0.05, 0.1) is 18.0 Å². The topological polar surface area (TPSA) is 95.9 Å². The second kappa shape index (κ2) is 7.55. The van der Waals surface area contributed by atoms with E-state index in [0.29, 0.717) is 24.8 Å². The number of benzene rings is 1. The summed E-state index contributed by atoms with van der Waals surface area (Å²) in [5.41, 5.74) is 0.197. The fourth-order valence-corrected chi connectivity index (χ4v) is 2.92. The van der Waals surface area contributed by atoms with Gasteiger partial charge in [0.15, 0.2) is 0 Å². The number of carbonyl (C=O) groups is 3. The molecule has 0 spiro atoms. The molecule has 1 unspecified atom stereocenters. The maximum atomic E-state index is 12.2. The standard InChI is InChI=1S/C18H22N2O5/c21-16-9-14(11-20(16)10-12-1-2-12)17(22)19-7-8-25-15-5-3-13(4-6-15)18(23)24/h3-6,12,14H,1-2,7-11H2,(H,19,22)(H,23,24). The Morgan fingerprint density at radius 3 is 2.60 bits per heavy atom. The van der Waals surface area contributed by atoms with E-state index in [0.717, 1.165) is 6.54 Å².